The number of pyridine rings is 1. The first-order valence-electron chi connectivity index (χ1n) is 6.38. The van der Waals surface area contributed by atoms with Crippen LogP contribution in [-0.4, -0.2) is 29.0 Å². The number of hydrogen-bond donors (Lipinski definition) is 0. The fourth-order valence-electron chi connectivity index (χ4n) is 2.22. The van der Waals surface area contributed by atoms with Crippen LogP contribution >= 0.6 is 0 Å². The van der Waals surface area contributed by atoms with E-state index in [0.29, 0.717) is 22.9 Å². The van der Waals surface area contributed by atoms with Crippen LogP contribution in [0.3, 0.4) is 0 Å². The topological polar surface area (TPSA) is 77.5 Å². The van der Waals surface area contributed by atoms with Crippen molar-refractivity contribution in [3.8, 4) is 11.3 Å². The molecule has 0 aliphatic heterocycles. The van der Waals surface area contributed by atoms with Crippen LogP contribution in [0, 0.1) is 6.92 Å². The third-order valence-corrected chi connectivity index (χ3v) is 3.17. The molecule has 0 aromatic carbocycles. The van der Waals surface area contributed by atoms with Gasteiger partial charge in [0.1, 0.15) is 11.5 Å². The molecule has 0 aliphatic carbocycles. The van der Waals surface area contributed by atoms with E-state index in [4.69, 9.17) is 0 Å². The van der Waals surface area contributed by atoms with Gasteiger partial charge in [0.15, 0.2) is 0 Å². The zero-order valence-electron chi connectivity index (χ0n) is 11.1. The summed E-state index contributed by atoms with van der Waals surface area (Å²) in [7, 11) is 0. The molecule has 0 atom stereocenters. The highest BCUT2D eigenvalue weighted by Gasteiger charge is 2.07. The van der Waals surface area contributed by atoms with Crippen LogP contribution in [0.25, 0.3) is 22.7 Å². The smallest absolute Gasteiger partial charge is 0.258 e. The summed E-state index contributed by atoms with van der Waals surface area (Å²) in [5, 5.41) is 4.22. The molecule has 21 heavy (non-hydrogen) atoms. The quantitative estimate of drug-likeness (QED) is 0.521. The Hall–Kier alpha value is -3.09. The largest absolute Gasteiger partial charge is 0.269 e. The molecule has 0 radical (unpaired) electrons. The van der Waals surface area contributed by atoms with Crippen molar-refractivity contribution in [1.82, 2.24) is 29.0 Å². The fourth-order valence-corrected chi connectivity index (χ4v) is 2.22. The van der Waals surface area contributed by atoms with E-state index in [9.17, 15) is 4.79 Å². The molecule has 4 heterocycles. The van der Waals surface area contributed by atoms with Crippen LogP contribution < -0.4 is 5.56 Å². The molecule has 0 aliphatic rings. The van der Waals surface area contributed by atoms with E-state index in [1.165, 1.54) is 10.5 Å². The molecule has 0 N–H and O–H groups in total. The lowest BCUT2D eigenvalue weighted by Crippen LogP contribution is -2.13. The first-order chi connectivity index (χ1) is 10.2. The third-order valence-electron chi connectivity index (χ3n) is 3.17. The molecule has 0 amide bonds. The Bertz CT molecular complexity index is 1030. The fraction of sp³-hybridized carbons (Fsp3) is 0.0714. The van der Waals surface area contributed by atoms with Gasteiger partial charge in [0.2, 0.25) is 0 Å². The summed E-state index contributed by atoms with van der Waals surface area (Å²) in [6, 6.07) is 6.91. The highest BCUT2D eigenvalue weighted by Crippen LogP contribution is 2.15. The number of rotatable bonds is 1. The van der Waals surface area contributed by atoms with Crippen LogP contribution in [-0.2, 0) is 0 Å². The normalized spacial score (nSPS) is 11.3. The SMILES string of the molecule is Cc1nc2ncc(-c3cc(=O)n4ccccc4n3)cn2n1. The van der Waals surface area contributed by atoms with Crippen molar-refractivity contribution in [2.45, 2.75) is 6.92 Å². The average molecular weight is 278 g/mol. The van der Waals surface area contributed by atoms with Crippen molar-refractivity contribution in [2.75, 3.05) is 0 Å². The number of aryl methyl sites for hydroxylation is 1. The monoisotopic (exact) mass is 278 g/mol. The van der Waals surface area contributed by atoms with E-state index >= 15 is 0 Å². The maximum Gasteiger partial charge on any atom is 0.258 e. The first-order valence-corrected chi connectivity index (χ1v) is 6.38. The van der Waals surface area contributed by atoms with Crippen molar-refractivity contribution >= 4 is 11.4 Å². The molecule has 4 aromatic heterocycles. The second kappa shape index (κ2) is 4.20. The lowest BCUT2D eigenvalue weighted by Gasteiger charge is -2.03. The van der Waals surface area contributed by atoms with E-state index in [2.05, 4.69) is 20.1 Å². The second-order valence-corrected chi connectivity index (χ2v) is 4.65. The van der Waals surface area contributed by atoms with Gasteiger partial charge in [-0.25, -0.2) is 14.5 Å². The van der Waals surface area contributed by atoms with Crippen LogP contribution in [0.2, 0.25) is 0 Å². The number of hydrogen-bond acceptors (Lipinski definition) is 5. The highest BCUT2D eigenvalue weighted by atomic mass is 16.1. The van der Waals surface area contributed by atoms with Gasteiger partial charge in [-0.1, -0.05) is 6.07 Å². The van der Waals surface area contributed by atoms with Crippen molar-refractivity contribution in [2.24, 2.45) is 0 Å². The Morgan fingerprint density at radius 3 is 3.00 bits per heavy atom. The minimum absolute atomic E-state index is 0.134. The van der Waals surface area contributed by atoms with Gasteiger partial charge in [0.25, 0.3) is 11.3 Å². The third kappa shape index (κ3) is 1.86. The zero-order valence-corrected chi connectivity index (χ0v) is 11.1. The molecule has 0 saturated carbocycles. The van der Waals surface area contributed by atoms with E-state index < -0.39 is 0 Å². The molecule has 102 valence electrons. The molecule has 7 heteroatoms. The molecule has 7 nitrogen and oxygen atoms in total. The summed E-state index contributed by atoms with van der Waals surface area (Å²) in [6.07, 6.45) is 5.10. The Kier molecular flexibility index (Phi) is 2.34. The maximum atomic E-state index is 12.1. The summed E-state index contributed by atoms with van der Waals surface area (Å²) in [5.41, 5.74) is 1.74. The minimum Gasteiger partial charge on any atom is -0.269 e. The van der Waals surface area contributed by atoms with Gasteiger partial charge >= 0.3 is 0 Å². The highest BCUT2D eigenvalue weighted by molar-refractivity contribution is 5.60. The maximum absolute atomic E-state index is 12.1. The van der Waals surface area contributed by atoms with Crippen molar-refractivity contribution in [1.29, 1.82) is 0 Å². The number of aromatic nitrogens is 6. The number of fused-ring (bicyclic) bond motifs is 2. The summed E-state index contributed by atoms with van der Waals surface area (Å²) in [4.78, 5) is 25.0. The number of nitrogens with zero attached hydrogens (tertiary/aromatic N) is 6. The average Bonchev–Trinajstić information content (AvgIpc) is 2.86. The lowest BCUT2D eigenvalue weighted by atomic mass is 10.2. The van der Waals surface area contributed by atoms with Gasteiger partial charge in [-0.15, -0.1) is 0 Å². The van der Waals surface area contributed by atoms with Gasteiger partial charge in [-0.05, 0) is 19.1 Å². The van der Waals surface area contributed by atoms with Gasteiger partial charge in [0, 0.05) is 30.2 Å². The van der Waals surface area contributed by atoms with Gasteiger partial charge < -0.3 is 0 Å². The van der Waals surface area contributed by atoms with E-state index in [1.54, 1.807) is 42.2 Å². The molecule has 4 aromatic rings. The summed E-state index contributed by atoms with van der Waals surface area (Å²) >= 11 is 0. The van der Waals surface area contributed by atoms with Crippen LogP contribution in [0.5, 0.6) is 0 Å². The minimum atomic E-state index is -0.134. The predicted molar refractivity (Wildman–Crippen MR) is 76.0 cm³/mol. The van der Waals surface area contributed by atoms with Crippen molar-refractivity contribution in [3.05, 3.63) is 59.0 Å². The van der Waals surface area contributed by atoms with Gasteiger partial charge in [-0.2, -0.15) is 10.1 Å². The van der Waals surface area contributed by atoms with Crippen LogP contribution in [0.1, 0.15) is 5.82 Å². The molecule has 0 bridgehead atoms. The van der Waals surface area contributed by atoms with Crippen LogP contribution in [0.15, 0.2) is 47.7 Å². The van der Waals surface area contributed by atoms with Crippen molar-refractivity contribution in [3.63, 3.8) is 0 Å². The first kappa shape index (κ1) is 11.7. The predicted octanol–water partition coefficient (Wildman–Crippen LogP) is 1.11. The summed E-state index contributed by atoms with van der Waals surface area (Å²) < 4.78 is 3.08. The Balaban J connectivity index is 1.97. The molecule has 4 rings (SSSR count). The molecule has 0 saturated heterocycles. The molecule has 0 fully saturated rings. The Morgan fingerprint density at radius 1 is 1.19 bits per heavy atom. The van der Waals surface area contributed by atoms with E-state index in [0.717, 1.165) is 5.56 Å². The van der Waals surface area contributed by atoms with Gasteiger partial charge in [0.05, 0.1) is 5.69 Å². The molecule has 0 spiro atoms. The second-order valence-electron chi connectivity index (χ2n) is 4.65. The zero-order chi connectivity index (χ0) is 14.4. The summed E-state index contributed by atoms with van der Waals surface area (Å²) in [5.74, 6) is 1.17. The standard InChI is InChI=1S/C14H10N6O/c1-9-16-14-15-7-10(8-20(14)18-9)11-6-13(21)19-5-3-2-4-12(19)17-11/h2-8H,1H3. The molecule has 0 unspecified atom stereocenters. The molecular weight excluding hydrogens is 268 g/mol. The van der Waals surface area contributed by atoms with Crippen LogP contribution in [0.4, 0.5) is 0 Å². The Morgan fingerprint density at radius 2 is 2.10 bits per heavy atom. The van der Waals surface area contributed by atoms with E-state index in [1.807, 2.05) is 6.07 Å². The summed E-state index contributed by atoms with van der Waals surface area (Å²) in [6.45, 7) is 1.80. The van der Waals surface area contributed by atoms with E-state index in [-0.39, 0.29) is 5.56 Å². The lowest BCUT2D eigenvalue weighted by molar-refractivity contribution is 0.916. The Labute approximate surface area is 118 Å². The molecular formula is C14H10N6O. The van der Waals surface area contributed by atoms with Gasteiger partial charge in [-0.3, -0.25) is 9.20 Å². The van der Waals surface area contributed by atoms with Crippen molar-refractivity contribution < 1.29 is 0 Å².